The van der Waals surface area contributed by atoms with Crippen LogP contribution < -0.4 is 0 Å². The van der Waals surface area contributed by atoms with E-state index in [4.69, 9.17) is 5.11 Å². The maximum Gasteiger partial charge on any atom is 0.303 e. The first-order valence-electron chi connectivity index (χ1n) is 11.7. The van der Waals surface area contributed by atoms with E-state index in [-0.39, 0.29) is 29.5 Å². The number of carbonyl (C=O) groups is 1. The van der Waals surface area contributed by atoms with Crippen LogP contribution in [0.25, 0.3) is 0 Å². The van der Waals surface area contributed by atoms with Crippen LogP contribution >= 0.6 is 0 Å². The summed E-state index contributed by atoms with van der Waals surface area (Å²) in [5, 5.41) is 30.5. The highest BCUT2D eigenvalue weighted by Gasteiger charge is 2.62. The molecule has 4 fully saturated rings. The average Bonchev–Trinajstić information content (AvgIpc) is 2.98. The van der Waals surface area contributed by atoms with Crippen LogP contribution in [-0.4, -0.2) is 33.5 Å². The largest absolute Gasteiger partial charge is 0.481 e. The molecule has 28 heavy (non-hydrogen) atoms. The summed E-state index contributed by atoms with van der Waals surface area (Å²) in [6, 6.07) is 0. The van der Waals surface area contributed by atoms with Crippen molar-refractivity contribution in [3.8, 4) is 0 Å². The molecular formula is C24H40O4. The van der Waals surface area contributed by atoms with Crippen LogP contribution in [0.1, 0.15) is 85.0 Å². The van der Waals surface area contributed by atoms with Crippen molar-refractivity contribution < 1.29 is 20.1 Å². The number of carboxylic acid groups (broad SMARTS) is 1. The minimum atomic E-state index is -0.684. The molecule has 160 valence electrons. The van der Waals surface area contributed by atoms with E-state index < -0.39 is 5.97 Å². The van der Waals surface area contributed by atoms with Gasteiger partial charge in [0.05, 0.1) is 12.2 Å². The molecule has 0 aliphatic heterocycles. The number of rotatable bonds is 4. The fourth-order valence-corrected chi connectivity index (χ4v) is 8.73. The van der Waals surface area contributed by atoms with Gasteiger partial charge in [-0.25, -0.2) is 0 Å². The molecule has 0 saturated heterocycles. The molecule has 0 amide bonds. The first kappa shape index (κ1) is 20.7. The zero-order chi connectivity index (χ0) is 20.3. The minimum Gasteiger partial charge on any atom is -0.481 e. The topological polar surface area (TPSA) is 77.8 Å². The molecule has 4 heteroatoms. The first-order chi connectivity index (χ1) is 13.2. The average molecular weight is 393 g/mol. The summed E-state index contributed by atoms with van der Waals surface area (Å²) in [6.07, 6.45) is 9.19. The number of aliphatic hydroxyl groups excluding tert-OH is 2. The highest BCUT2D eigenvalue weighted by atomic mass is 16.4. The van der Waals surface area contributed by atoms with Crippen molar-refractivity contribution in [1.82, 2.24) is 0 Å². The molecule has 0 heterocycles. The molecule has 0 radical (unpaired) electrons. The molecule has 0 spiro atoms. The third-order valence-corrected chi connectivity index (χ3v) is 10.2. The second kappa shape index (κ2) is 7.27. The van der Waals surface area contributed by atoms with Gasteiger partial charge in [-0.3, -0.25) is 4.79 Å². The van der Waals surface area contributed by atoms with Crippen molar-refractivity contribution in [2.45, 2.75) is 97.2 Å². The van der Waals surface area contributed by atoms with Crippen molar-refractivity contribution in [1.29, 1.82) is 0 Å². The molecule has 4 nitrogen and oxygen atoms in total. The molecule has 4 rings (SSSR count). The second-order valence-electron chi connectivity index (χ2n) is 11.4. The molecule has 4 aliphatic carbocycles. The van der Waals surface area contributed by atoms with Crippen LogP contribution in [-0.2, 0) is 4.79 Å². The fraction of sp³-hybridized carbons (Fsp3) is 0.958. The van der Waals surface area contributed by atoms with Gasteiger partial charge in [0, 0.05) is 6.42 Å². The molecule has 4 aliphatic rings. The third-order valence-electron chi connectivity index (χ3n) is 10.2. The number of aliphatic hydroxyl groups is 2. The van der Waals surface area contributed by atoms with Crippen molar-refractivity contribution >= 4 is 5.97 Å². The van der Waals surface area contributed by atoms with Gasteiger partial charge in [-0.1, -0.05) is 20.8 Å². The number of hydrogen-bond donors (Lipinski definition) is 3. The van der Waals surface area contributed by atoms with Crippen LogP contribution in [0.4, 0.5) is 0 Å². The molecule has 0 aromatic rings. The lowest BCUT2D eigenvalue weighted by Crippen LogP contribution is -2.58. The summed E-state index contributed by atoms with van der Waals surface area (Å²) in [6.45, 7) is 7.16. The summed E-state index contributed by atoms with van der Waals surface area (Å²) in [7, 11) is 0. The van der Waals surface area contributed by atoms with Gasteiger partial charge in [-0.05, 0) is 104 Å². The van der Waals surface area contributed by atoms with Gasteiger partial charge in [-0.2, -0.15) is 0 Å². The van der Waals surface area contributed by atoms with Gasteiger partial charge in [0.15, 0.2) is 0 Å². The predicted octanol–water partition coefficient (Wildman–Crippen LogP) is 4.48. The Morgan fingerprint density at radius 1 is 1.00 bits per heavy atom. The lowest BCUT2D eigenvalue weighted by molar-refractivity contribution is -0.174. The summed E-state index contributed by atoms with van der Waals surface area (Å²) in [5.41, 5.74) is 0.523. The molecular weight excluding hydrogens is 352 g/mol. The Bertz CT molecular complexity index is 605. The van der Waals surface area contributed by atoms with E-state index >= 15 is 0 Å². The Morgan fingerprint density at radius 2 is 1.68 bits per heavy atom. The number of fused-ring (bicyclic) bond motifs is 5. The van der Waals surface area contributed by atoms with E-state index in [2.05, 4.69) is 20.8 Å². The van der Waals surface area contributed by atoms with E-state index in [0.29, 0.717) is 35.5 Å². The van der Waals surface area contributed by atoms with Gasteiger partial charge in [-0.15, -0.1) is 0 Å². The SMILES string of the molecule is C[C@H](CCC(=O)O)[C@@H]1CC[C@@H]2[C@@H]3[C@@H](O)C[C@H]4C[C@@H](O)CC[C@]4(C)[C@H]3CC[C@@]21C. The summed E-state index contributed by atoms with van der Waals surface area (Å²) >= 11 is 0. The van der Waals surface area contributed by atoms with Gasteiger partial charge in [0.25, 0.3) is 0 Å². The zero-order valence-electron chi connectivity index (χ0n) is 17.9. The van der Waals surface area contributed by atoms with Crippen molar-refractivity contribution in [2.75, 3.05) is 0 Å². The lowest BCUT2D eigenvalue weighted by Gasteiger charge is -2.62. The molecule has 10 atom stereocenters. The third kappa shape index (κ3) is 3.14. The van der Waals surface area contributed by atoms with Crippen molar-refractivity contribution in [2.24, 2.45) is 46.3 Å². The summed E-state index contributed by atoms with van der Waals surface area (Å²) in [5.74, 6) is 2.36. The van der Waals surface area contributed by atoms with Crippen LogP contribution in [0.5, 0.6) is 0 Å². The van der Waals surface area contributed by atoms with Crippen LogP contribution in [0, 0.1) is 46.3 Å². The lowest BCUT2D eigenvalue weighted by atomic mass is 9.43. The van der Waals surface area contributed by atoms with E-state index in [1.54, 1.807) is 0 Å². The number of aliphatic carboxylic acids is 1. The minimum absolute atomic E-state index is 0.179. The number of carboxylic acids is 1. The van der Waals surface area contributed by atoms with Crippen LogP contribution in [0.3, 0.4) is 0 Å². The molecule has 0 aromatic carbocycles. The monoisotopic (exact) mass is 392 g/mol. The maximum absolute atomic E-state index is 11.2. The van der Waals surface area contributed by atoms with Crippen molar-refractivity contribution in [3.63, 3.8) is 0 Å². The van der Waals surface area contributed by atoms with Crippen molar-refractivity contribution in [3.05, 3.63) is 0 Å². The van der Waals surface area contributed by atoms with E-state index in [1.807, 2.05) is 0 Å². The van der Waals surface area contributed by atoms with E-state index in [1.165, 1.54) is 25.7 Å². The smallest absolute Gasteiger partial charge is 0.303 e. The normalized spacial score (nSPS) is 51.7. The number of hydrogen-bond acceptors (Lipinski definition) is 3. The Morgan fingerprint density at radius 3 is 2.39 bits per heavy atom. The van der Waals surface area contributed by atoms with Gasteiger partial charge < -0.3 is 15.3 Å². The molecule has 4 saturated carbocycles. The van der Waals surface area contributed by atoms with Crippen LogP contribution in [0.15, 0.2) is 0 Å². The molecule has 3 N–H and O–H groups in total. The zero-order valence-corrected chi connectivity index (χ0v) is 17.9. The maximum atomic E-state index is 11.2. The summed E-state index contributed by atoms with van der Waals surface area (Å²) < 4.78 is 0. The Kier molecular flexibility index (Phi) is 5.36. The van der Waals surface area contributed by atoms with Gasteiger partial charge >= 0.3 is 5.97 Å². The van der Waals surface area contributed by atoms with E-state index in [9.17, 15) is 15.0 Å². The molecule has 0 unspecified atom stereocenters. The molecule has 0 aromatic heterocycles. The highest BCUT2D eigenvalue weighted by Crippen LogP contribution is 2.68. The van der Waals surface area contributed by atoms with E-state index in [0.717, 1.165) is 32.1 Å². The highest BCUT2D eigenvalue weighted by molar-refractivity contribution is 5.66. The quantitative estimate of drug-likeness (QED) is 0.659. The van der Waals surface area contributed by atoms with Gasteiger partial charge in [0.2, 0.25) is 0 Å². The second-order valence-corrected chi connectivity index (χ2v) is 11.4. The Hall–Kier alpha value is -0.610. The predicted molar refractivity (Wildman–Crippen MR) is 109 cm³/mol. The summed E-state index contributed by atoms with van der Waals surface area (Å²) in [4.78, 5) is 11.1. The van der Waals surface area contributed by atoms with Crippen LogP contribution in [0.2, 0.25) is 0 Å². The Balaban J connectivity index is 1.55. The van der Waals surface area contributed by atoms with Gasteiger partial charge in [0.1, 0.15) is 0 Å². The first-order valence-corrected chi connectivity index (χ1v) is 11.7. The molecule has 0 bridgehead atoms. The standard InChI is InChI=1S/C24H40O4/c1-14(4-7-21(27)28)17-5-6-18-22-19(9-11-24(17,18)3)23(2)10-8-16(25)12-15(23)13-20(22)26/h14-20,22,25-26H,4-13H2,1-3H3,(H,27,28)/t14-,15-,16+,17+,18-,19+,20+,22+,23+,24-/m1/s1. The fourth-order valence-electron chi connectivity index (χ4n) is 8.73. The Labute approximate surface area is 170 Å².